The number of nitrogens with zero attached hydrogens (tertiary/aromatic N) is 4. The van der Waals surface area contributed by atoms with Gasteiger partial charge in [0.05, 0.1) is 5.52 Å². The summed E-state index contributed by atoms with van der Waals surface area (Å²) in [5.41, 5.74) is 2.13. The van der Waals surface area contributed by atoms with Crippen molar-refractivity contribution in [3.8, 4) is 11.5 Å². The van der Waals surface area contributed by atoms with E-state index in [1.807, 2.05) is 36.1 Å². The van der Waals surface area contributed by atoms with Crippen LogP contribution in [0.15, 0.2) is 34.7 Å². The van der Waals surface area contributed by atoms with E-state index in [9.17, 15) is 4.79 Å². The number of hydrogen-bond donors (Lipinski definition) is 1. The Balaban J connectivity index is 1.26. The summed E-state index contributed by atoms with van der Waals surface area (Å²) in [4.78, 5) is 19.0. The molecule has 150 valence electrons. The molecule has 1 amide bonds. The van der Waals surface area contributed by atoms with Crippen LogP contribution in [0.5, 0.6) is 0 Å². The zero-order chi connectivity index (χ0) is 20.0. The van der Waals surface area contributed by atoms with Gasteiger partial charge in [0.2, 0.25) is 11.8 Å². The fourth-order valence-electron chi connectivity index (χ4n) is 4.03. The lowest BCUT2D eigenvalue weighted by Crippen LogP contribution is -2.45. The lowest BCUT2D eigenvalue weighted by atomic mass is 9.93. The number of carbonyl (C=O) groups excluding carboxylic acids is 1. The van der Waals surface area contributed by atoms with E-state index < -0.39 is 6.04 Å². The SMILES string of the molecule is C[C@H](Nc1nnc(-c2ccc3nc(Cl)ccc3c2)o1)C(=O)N1CCC2(CC1)CC2. The van der Waals surface area contributed by atoms with Crippen LogP contribution in [0.25, 0.3) is 22.4 Å². The highest BCUT2D eigenvalue weighted by molar-refractivity contribution is 6.29. The number of amides is 1. The highest BCUT2D eigenvalue weighted by atomic mass is 35.5. The van der Waals surface area contributed by atoms with Crippen molar-refractivity contribution in [3.63, 3.8) is 0 Å². The van der Waals surface area contributed by atoms with Gasteiger partial charge in [0.1, 0.15) is 11.2 Å². The number of aromatic nitrogens is 3. The molecule has 29 heavy (non-hydrogen) atoms. The van der Waals surface area contributed by atoms with E-state index in [1.165, 1.54) is 12.8 Å². The Kier molecular flexibility index (Phi) is 4.42. The lowest BCUT2D eigenvalue weighted by molar-refractivity contribution is -0.133. The molecule has 1 spiro atoms. The van der Waals surface area contributed by atoms with E-state index in [4.69, 9.17) is 16.0 Å². The summed E-state index contributed by atoms with van der Waals surface area (Å²) in [6.45, 7) is 3.52. The average Bonchev–Trinajstić information content (AvgIpc) is 3.31. The summed E-state index contributed by atoms with van der Waals surface area (Å²) < 4.78 is 5.74. The van der Waals surface area contributed by atoms with Gasteiger partial charge >= 0.3 is 6.01 Å². The van der Waals surface area contributed by atoms with E-state index in [0.29, 0.717) is 16.5 Å². The number of carbonyl (C=O) groups is 1. The van der Waals surface area contributed by atoms with Gasteiger partial charge in [0, 0.05) is 24.0 Å². The minimum Gasteiger partial charge on any atom is -0.403 e. The highest BCUT2D eigenvalue weighted by Crippen LogP contribution is 2.53. The van der Waals surface area contributed by atoms with Crippen molar-refractivity contribution in [2.24, 2.45) is 5.41 Å². The molecule has 2 aliphatic rings. The topological polar surface area (TPSA) is 84.1 Å². The first-order valence-corrected chi connectivity index (χ1v) is 10.3. The van der Waals surface area contributed by atoms with E-state index in [-0.39, 0.29) is 11.9 Å². The molecule has 1 saturated carbocycles. The maximum absolute atomic E-state index is 12.7. The number of fused-ring (bicyclic) bond motifs is 1. The van der Waals surface area contributed by atoms with Crippen molar-refractivity contribution >= 4 is 34.4 Å². The number of halogens is 1. The fraction of sp³-hybridized carbons (Fsp3) is 0.429. The molecule has 1 atom stereocenters. The molecule has 1 aliphatic carbocycles. The molecule has 0 radical (unpaired) electrons. The molecule has 8 heteroatoms. The van der Waals surface area contributed by atoms with Crippen LogP contribution < -0.4 is 5.32 Å². The van der Waals surface area contributed by atoms with Gasteiger partial charge in [-0.05, 0) is 68.4 Å². The van der Waals surface area contributed by atoms with Crippen LogP contribution in [0.3, 0.4) is 0 Å². The number of likely N-dealkylation sites (tertiary alicyclic amines) is 1. The zero-order valence-corrected chi connectivity index (χ0v) is 16.9. The largest absolute Gasteiger partial charge is 0.403 e. The molecular weight excluding hydrogens is 390 g/mol. The Hall–Kier alpha value is -2.67. The third kappa shape index (κ3) is 3.67. The molecule has 0 bridgehead atoms. The first-order valence-electron chi connectivity index (χ1n) is 9.97. The first kappa shape index (κ1) is 18.4. The molecule has 2 fully saturated rings. The molecule has 7 nitrogen and oxygen atoms in total. The number of nitrogens with one attached hydrogen (secondary N) is 1. The van der Waals surface area contributed by atoms with E-state index in [2.05, 4.69) is 20.5 Å². The average molecular weight is 412 g/mol. The van der Waals surface area contributed by atoms with Crippen molar-refractivity contribution in [1.82, 2.24) is 20.1 Å². The normalized spacial score (nSPS) is 18.8. The predicted octanol–water partition coefficient (Wildman–Crippen LogP) is 4.14. The Morgan fingerprint density at radius 3 is 2.72 bits per heavy atom. The lowest BCUT2D eigenvalue weighted by Gasteiger charge is -2.33. The maximum atomic E-state index is 12.7. The summed E-state index contributed by atoms with van der Waals surface area (Å²) in [5.74, 6) is 0.464. The molecule has 0 unspecified atom stereocenters. The third-order valence-electron chi connectivity index (χ3n) is 6.13. The van der Waals surface area contributed by atoms with Crippen molar-refractivity contribution in [3.05, 3.63) is 35.5 Å². The predicted molar refractivity (Wildman–Crippen MR) is 111 cm³/mol. The van der Waals surface area contributed by atoms with Crippen LogP contribution in [0.4, 0.5) is 6.01 Å². The second-order valence-electron chi connectivity index (χ2n) is 8.15. The Labute approximate surface area is 173 Å². The maximum Gasteiger partial charge on any atom is 0.316 e. The molecule has 3 aromatic rings. The number of anilines is 1. The van der Waals surface area contributed by atoms with Crippen molar-refractivity contribution < 1.29 is 9.21 Å². The minimum atomic E-state index is -0.417. The Morgan fingerprint density at radius 1 is 1.17 bits per heavy atom. The zero-order valence-electron chi connectivity index (χ0n) is 16.2. The fourth-order valence-corrected chi connectivity index (χ4v) is 4.19. The van der Waals surface area contributed by atoms with Gasteiger partial charge in [-0.25, -0.2) is 4.98 Å². The van der Waals surface area contributed by atoms with Crippen molar-refractivity contribution in [2.75, 3.05) is 18.4 Å². The van der Waals surface area contributed by atoms with Crippen LogP contribution in [-0.4, -0.2) is 45.1 Å². The quantitative estimate of drug-likeness (QED) is 0.649. The number of rotatable bonds is 4. The second-order valence-corrected chi connectivity index (χ2v) is 8.53. The van der Waals surface area contributed by atoms with Gasteiger partial charge in [0.15, 0.2) is 0 Å². The Morgan fingerprint density at radius 2 is 1.97 bits per heavy atom. The van der Waals surface area contributed by atoms with Crippen molar-refractivity contribution in [1.29, 1.82) is 0 Å². The minimum absolute atomic E-state index is 0.0777. The van der Waals surface area contributed by atoms with Gasteiger partial charge in [-0.3, -0.25) is 4.79 Å². The molecule has 1 N–H and O–H groups in total. The van der Waals surface area contributed by atoms with Crippen LogP contribution in [0.1, 0.15) is 32.6 Å². The van der Waals surface area contributed by atoms with Crippen LogP contribution >= 0.6 is 11.6 Å². The highest BCUT2D eigenvalue weighted by Gasteiger charge is 2.45. The van der Waals surface area contributed by atoms with Crippen LogP contribution in [0.2, 0.25) is 5.15 Å². The van der Waals surface area contributed by atoms with Crippen LogP contribution in [0, 0.1) is 5.41 Å². The molecule has 5 rings (SSSR count). The number of benzene rings is 1. The van der Waals surface area contributed by atoms with Gasteiger partial charge in [-0.1, -0.05) is 16.7 Å². The monoisotopic (exact) mass is 411 g/mol. The summed E-state index contributed by atoms with van der Waals surface area (Å²) in [5, 5.41) is 12.6. The van der Waals surface area contributed by atoms with Gasteiger partial charge in [0.25, 0.3) is 0 Å². The van der Waals surface area contributed by atoms with Gasteiger partial charge in [-0.2, -0.15) is 0 Å². The molecule has 1 saturated heterocycles. The number of pyridine rings is 1. The summed E-state index contributed by atoms with van der Waals surface area (Å²) >= 11 is 5.93. The van der Waals surface area contributed by atoms with Crippen LogP contribution in [-0.2, 0) is 4.79 Å². The van der Waals surface area contributed by atoms with E-state index in [1.54, 1.807) is 6.07 Å². The molecule has 3 heterocycles. The first-order chi connectivity index (χ1) is 14.0. The van der Waals surface area contributed by atoms with Gasteiger partial charge < -0.3 is 14.6 Å². The standard InChI is InChI=1S/C21H22ClN5O2/c1-13(19(28)27-10-8-21(6-7-21)9-11-27)23-20-26-25-18(29-20)15-2-4-16-14(12-15)3-5-17(22)24-16/h2-5,12-13H,6-11H2,1H3,(H,23,26)/t13-/m0/s1. The third-order valence-corrected chi connectivity index (χ3v) is 6.34. The van der Waals surface area contributed by atoms with E-state index >= 15 is 0 Å². The molecular formula is C21H22ClN5O2. The second kappa shape index (κ2) is 6.99. The summed E-state index contributed by atoms with van der Waals surface area (Å²) in [7, 11) is 0. The number of hydrogen-bond acceptors (Lipinski definition) is 6. The van der Waals surface area contributed by atoms with E-state index in [0.717, 1.165) is 42.4 Å². The van der Waals surface area contributed by atoms with Gasteiger partial charge in [-0.15, -0.1) is 5.10 Å². The smallest absolute Gasteiger partial charge is 0.316 e. The Bertz CT molecular complexity index is 1070. The summed E-state index contributed by atoms with van der Waals surface area (Å²) in [6, 6.07) is 9.11. The number of piperidine rings is 1. The van der Waals surface area contributed by atoms with Crippen molar-refractivity contribution in [2.45, 2.75) is 38.6 Å². The summed E-state index contributed by atoms with van der Waals surface area (Å²) in [6.07, 6.45) is 4.90. The molecule has 1 aliphatic heterocycles. The molecule has 2 aromatic heterocycles. The molecule has 1 aromatic carbocycles.